The first-order valence-electron chi connectivity index (χ1n) is 10.8. The van der Waals surface area contributed by atoms with Crippen molar-refractivity contribution in [2.24, 2.45) is 7.05 Å². The molecule has 3 N–H and O–H groups in total. The lowest BCUT2D eigenvalue weighted by Crippen LogP contribution is -2.22. The standard InChI is InChI=1S/C25H20F5N5O2/c1-12-6-18(27)20(34-24(37)33-19-8-14(25(28,29)30)4-5-17(19)26)9-15(12)16-7-13-11-32-22(31-2)10-21(13)35(3)23(16)36/h4-11H,1-3H3,(H,31,32)(H2,33,34,37). The smallest absolute Gasteiger partial charge is 0.373 e. The molecule has 2 aromatic carbocycles. The zero-order valence-electron chi connectivity index (χ0n) is 19.7. The maximum atomic E-state index is 14.7. The largest absolute Gasteiger partial charge is 0.416 e. The number of halogens is 5. The molecule has 0 fully saturated rings. The molecule has 4 aromatic rings. The van der Waals surface area contributed by atoms with Gasteiger partial charge in [0.2, 0.25) is 0 Å². The fraction of sp³-hybridized carbons (Fsp3) is 0.160. The van der Waals surface area contributed by atoms with Crippen molar-refractivity contribution in [3.63, 3.8) is 0 Å². The number of aromatic nitrogens is 2. The highest BCUT2D eigenvalue weighted by Crippen LogP contribution is 2.32. The number of hydrogen-bond acceptors (Lipinski definition) is 4. The molecule has 0 aliphatic heterocycles. The molecule has 0 saturated heterocycles. The fourth-order valence-corrected chi connectivity index (χ4v) is 3.83. The Labute approximate surface area is 207 Å². The molecule has 0 radical (unpaired) electrons. The molecule has 7 nitrogen and oxygen atoms in total. The number of rotatable bonds is 4. The van der Waals surface area contributed by atoms with Crippen molar-refractivity contribution in [2.45, 2.75) is 13.1 Å². The van der Waals surface area contributed by atoms with Crippen LogP contribution in [0.2, 0.25) is 0 Å². The van der Waals surface area contributed by atoms with Gasteiger partial charge in [-0.2, -0.15) is 13.2 Å². The van der Waals surface area contributed by atoms with Gasteiger partial charge in [0.25, 0.3) is 5.56 Å². The Morgan fingerprint density at radius 3 is 2.27 bits per heavy atom. The van der Waals surface area contributed by atoms with Crippen LogP contribution in [0.1, 0.15) is 11.1 Å². The van der Waals surface area contributed by atoms with Crippen LogP contribution in [0, 0.1) is 18.6 Å². The van der Waals surface area contributed by atoms with E-state index in [4.69, 9.17) is 0 Å². The Kier molecular flexibility index (Phi) is 6.59. The van der Waals surface area contributed by atoms with E-state index in [9.17, 15) is 31.5 Å². The summed E-state index contributed by atoms with van der Waals surface area (Å²) in [6.07, 6.45) is -3.19. The molecule has 0 unspecified atom stereocenters. The van der Waals surface area contributed by atoms with Gasteiger partial charge in [0, 0.05) is 37.3 Å². The topological polar surface area (TPSA) is 88.1 Å². The number of anilines is 3. The van der Waals surface area contributed by atoms with E-state index in [0.717, 1.165) is 6.07 Å². The molecule has 0 aliphatic rings. The molecule has 4 rings (SSSR count). The summed E-state index contributed by atoms with van der Waals surface area (Å²) in [6, 6.07) is 5.96. The number of carbonyl (C=O) groups excluding carboxylic acids is 1. The Hall–Kier alpha value is -4.48. The number of aryl methyl sites for hydroxylation is 2. The maximum Gasteiger partial charge on any atom is 0.416 e. The third-order valence-electron chi connectivity index (χ3n) is 5.76. The van der Waals surface area contributed by atoms with Crippen LogP contribution in [-0.2, 0) is 13.2 Å². The summed E-state index contributed by atoms with van der Waals surface area (Å²) in [5, 5.41) is 7.64. The molecule has 37 heavy (non-hydrogen) atoms. The van der Waals surface area contributed by atoms with Crippen LogP contribution in [0.3, 0.4) is 0 Å². The predicted molar refractivity (Wildman–Crippen MR) is 131 cm³/mol. The second kappa shape index (κ2) is 9.52. The van der Waals surface area contributed by atoms with Gasteiger partial charge in [0.15, 0.2) is 0 Å². The number of hydrogen-bond donors (Lipinski definition) is 3. The van der Waals surface area contributed by atoms with E-state index in [1.165, 1.54) is 10.6 Å². The molecule has 0 saturated carbocycles. The summed E-state index contributed by atoms with van der Waals surface area (Å²) in [4.78, 5) is 29.8. The van der Waals surface area contributed by atoms with Gasteiger partial charge in [-0.25, -0.2) is 18.6 Å². The zero-order chi connectivity index (χ0) is 27.1. The van der Waals surface area contributed by atoms with Gasteiger partial charge in [0.05, 0.1) is 22.5 Å². The third-order valence-corrected chi connectivity index (χ3v) is 5.76. The highest BCUT2D eigenvalue weighted by Gasteiger charge is 2.31. The highest BCUT2D eigenvalue weighted by molar-refractivity contribution is 6.00. The lowest BCUT2D eigenvalue weighted by Gasteiger charge is -2.15. The van der Waals surface area contributed by atoms with E-state index in [2.05, 4.69) is 15.6 Å². The molecule has 12 heteroatoms. The molecule has 0 atom stereocenters. The number of carbonyl (C=O) groups is 1. The molecule has 192 valence electrons. The van der Waals surface area contributed by atoms with Crippen LogP contribution < -0.4 is 21.5 Å². The number of urea groups is 1. The van der Waals surface area contributed by atoms with Crippen molar-refractivity contribution >= 4 is 34.1 Å². The van der Waals surface area contributed by atoms with Crippen LogP contribution in [0.15, 0.2) is 53.5 Å². The number of amides is 2. The first-order valence-corrected chi connectivity index (χ1v) is 10.8. The Balaban J connectivity index is 1.70. The van der Waals surface area contributed by atoms with Gasteiger partial charge in [-0.05, 0) is 54.4 Å². The van der Waals surface area contributed by atoms with Gasteiger partial charge in [-0.15, -0.1) is 0 Å². The fourth-order valence-electron chi connectivity index (χ4n) is 3.83. The molecule has 0 bridgehead atoms. The first-order chi connectivity index (χ1) is 17.4. The molecule has 2 heterocycles. The Morgan fingerprint density at radius 2 is 1.62 bits per heavy atom. The average molecular weight is 517 g/mol. The Bertz CT molecular complexity index is 1600. The van der Waals surface area contributed by atoms with Crippen molar-refractivity contribution in [3.8, 4) is 11.1 Å². The predicted octanol–water partition coefficient (Wildman–Crippen LogP) is 5.89. The van der Waals surface area contributed by atoms with E-state index >= 15 is 0 Å². The van der Waals surface area contributed by atoms with E-state index < -0.39 is 40.7 Å². The van der Waals surface area contributed by atoms with Crippen molar-refractivity contribution in [1.29, 1.82) is 0 Å². The number of fused-ring (bicyclic) bond motifs is 1. The van der Waals surface area contributed by atoms with Gasteiger partial charge >= 0.3 is 12.2 Å². The molecular formula is C25H20F5N5O2. The average Bonchev–Trinajstić information content (AvgIpc) is 2.83. The normalized spacial score (nSPS) is 11.5. The molecule has 2 amide bonds. The van der Waals surface area contributed by atoms with Crippen molar-refractivity contribution in [2.75, 3.05) is 23.0 Å². The van der Waals surface area contributed by atoms with Crippen LogP contribution in [0.25, 0.3) is 22.0 Å². The lowest BCUT2D eigenvalue weighted by atomic mass is 9.99. The molecule has 0 spiro atoms. The highest BCUT2D eigenvalue weighted by atomic mass is 19.4. The zero-order valence-corrected chi connectivity index (χ0v) is 19.7. The summed E-state index contributed by atoms with van der Waals surface area (Å²) >= 11 is 0. The van der Waals surface area contributed by atoms with Gasteiger partial charge in [-0.3, -0.25) is 4.79 Å². The van der Waals surface area contributed by atoms with Crippen molar-refractivity contribution < 1.29 is 26.7 Å². The van der Waals surface area contributed by atoms with E-state index in [0.29, 0.717) is 46.0 Å². The summed E-state index contributed by atoms with van der Waals surface area (Å²) in [7, 11) is 3.26. The Morgan fingerprint density at radius 1 is 0.946 bits per heavy atom. The van der Waals surface area contributed by atoms with Crippen LogP contribution >= 0.6 is 0 Å². The number of benzene rings is 2. The van der Waals surface area contributed by atoms with Crippen LogP contribution in [0.4, 0.5) is 43.9 Å². The van der Waals surface area contributed by atoms with Crippen LogP contribution in [-0.4, -0.2) is 22.6 Å². The monoisotopic (exact) mass is 517 g/mol. The van der Waals surface area contributed by atoms with E-state index in [1.807, 2.05) is 5.32 Å². The van der Waals surface area contributed by atoms with Gasteiger partial charge in [0.1, 0.15) is 17.5 Å². The third kappa shape index (κ3) is 5.08. The number of nitrogens with zero attached hydrogens (tertiary/aromatic N) is 2. The van der Waals surface area contributed by atoms with Gasteiger partial charge in [-0.1, -0.05) is 0 Å². The molecule has 2 aromatic heterocycles. The molecule has 0 aliphatic carbocycles. The maximum absolute atomic E-state index is 14.7. The SMILES string of the molecule is CNc1cc2c(cn1)cc(-c1cc(NC(=O)Nc3cc(C(F)(F)F)ccc3F)c(F)cc1C)c(=O)n2C. The minimum Gasteiger partial charge on any atom is -0.373 e. The van der Waals surface area contributed by atoms with E-state index in [-0.39, 0.29) is 11.3 Å². The van der Waals surface area contributed by atoms with Crippen molar-refractivity contribution in [3.05, 3.63) is 81.8 Å². The van der Waals surface area contributed by atoms with Crippen molar-refractivity contribution in [1.82, 2.24) is 9.55 Å². The summed E-state index contributed by atoms with van der Waals surface area (Å²) in [5.74, 6) is -1.41. The lowest BCUT2D eigenvalue weighted by molar-refractivity contribution is -0.137. The minimum atomic E-state index is -4.76. The quantitative estimate of drug-likeness (QED) is 0.295. The number of alkyl halides is 3. The second-order valence-corrected chi connectivity index (χ2v) is 8.22. The molecular weight excluding hydrogens is 497 g/mol. The second-order valence-electron chi connectivity index (χ2n) is 8.22. The number of pyridine rings is 2. The van der Waals surface area contributed by atoms with Gasteiger partial charge < -0.3 is 20.5 Å². The van der Waals surface area contributed by atoms with E-state index in [1.54, 1.807) is 39.3 Å². The first kappa shape index (κ1) is 25.6. The number of nitrogens with one attached hydrogen (secondary N) is 3. The van der Waals surface area contributed by atoms with Crippen LogP contribution in [0.5, 0.6) is 0 Å². The minimum absolute atomic E-state index is 0.207. The summed E-state index contributed by atoms with van der Waals surface area (Å²) in [6.45, 7) is 1.58. The summed E-state index contributed by atoms with van der Waals surface area (Å²) < 4.78 is 68.9. The summed E-state index contributed by atoms with van der Waals surface area (Å²) in [5.41, 5.74) is -1.15.